The van der Waals surface area contributed by atoms with Crippen LogP contribution in [0.1, 0.15) is 43.9 Å². The molecule has 0 amide bonds. The summed E-state index contributed by atoms with van der Waals surface area (Å²) in [5.74, 6) is 0.538. The summed E-state index contributed by atoms with van der Waals surface area (Å²) in [5, 5.41) is 3.20. The van der Waals surface area contributed by atoms with Crippen molar-refractivity contribution >= 4 is 21.4 Å². The molecule has 1 fully saturated rings. The Labute approximate surface area is 167 Å². The number of hydrogen-bond donors (Lipinski definition) is 0. The summed E-state index contributed by atoms with van der Waals surface area (Å²) in [6.45, 7) is 7.04. The molecule has 2 aromatic rings. The molecule has 0 aliphatic carbocycles. The molecule has 0 atom stereocenters. The van der Waals surface area contributed by atoms with Gasteiger partial charge < -0.3 is 0 Å². The number of piperidine rings is 1. The van der Waals surface area contributed by atoms with Gasteiger partial charge in [-0.1, -0.05) is 38.1 Å². The zero-order valence-corrected chi connectivity index (χ0v) is 18.2. The zero-order chi connectivity index (χ0) is 19.6. The van der Waals surface area contributed by atoms with Gasteiger partial charge >= 0.3 is 0 Å². The first-order valence-corrected chi connectivity index (χ1v) is 12.2. The van der Waals surface area contributed by atoms with Crippen molar-refractivity contribution in [3.63, 3.8) is 0 Å². The van der Waals surface area contributed by atoms with Crippen LogP contribution in [-0.2, 0) is 16.6 Å². The maximum Gasteiger partial charge on any atom is 0.211 e. The van der Waals surface area contributed by atoms with Crippen molar-refractivity contribution in [1.29, 1.82) is 0 Å². The van der Waals surface area contributed by atoms with Gasteiger partial charge in [-0.15, -0.1) is 11.3 Å². The average Bonchev–Trinajstić information content (AvgIpc) is 3.09. The fourth-order valence-electron chi connectivity index (χ4n) is 3.46. The number of nitrogens with zero attached hydrogens (tertiary/aromatic N) is 3. The van der Waals surface area contributed by atoms with E-state index in [1.807, 2.05) is 0 Å². The van der Waals surface area contributed by atoms with E-state index in [0.29, 0.717) is 5.92 Å². The lowest BCUT2D eigenvalue weighted by Gasteiger charge is -2.35. The van der Waals surface area contributed by atoms with E-state index in [0.717, 1.165) is 43.2 Å². The van der Waals surface area contributed by atoms with Gasteiger partial charge in [0, 0.05) is 43.7 Å². The lowest BCUT2D eigenvalue weighted by molar-refractivity contribution is 0.163. The highest BCUT2D eigenvalue weighted by molar-refractivity contribution is 7.88. The van der Waals surface area contributed by atoms with Gasteiger partial charge in [0.25, 0.3) is 0 Å². The third kappa shape index (κ3) is 5.16. The van der Waals surface area contributed by atoms with Gasteiger partial charge in [-0.25, -0.2) is 17.7 Å². The molecule has 1 aromatic heterocycles. The molecule has 0 bridgehead atoms. The molecular weight excluding hydrogens is 378 g/mol. The second kappa shape index (κ2) is 8.39. The number of benzene rings is 1. The van der Waals surface area contributed by atoms with Gasteiger partial charge in [-0.05, 0) is 24.3 Å². The molecule has 0 N–H and O–H groups in total. The summed E-state index contributed by atoms with van der Waals surface area (Å²) in [6.07, 6.45) is 3.03. The number of sulfonamides is 1. The zero-order valence-electron chi connectivity index (χ0n) is 16.6. The number of thiazole rings is 1. The Morgan fingerprint density at radius 2 is 1.85 bits per heavy atom. The molecule has 0 radical (unpaired) electrons. The van der Waals surface area contributed by atoms with E-state index in [9.17, 15) is 8.42 Å². The molecule has 1 aliphatic rings. The molecule has 5 nitrogen and oxygen atoms in total. The highest BCUT2D eigenvalue weighted by atomic mass is 32.2. The fourth-order valence-corrected chi connectivity index (χ4v) is 5.03. The molecule has 27 heavy (non-hydrogen) atoms. The first-order valence-electron chi connectivity index (χ1n) is 9.44. The van der Waals surface area contributed by atoms with Crippen molar-refractivity contribution in [2.75, 3.05) is 26.4 Å². The fraction of sp³-hybridized carbons (Fsp3) is 0.550. The molecule has 1 aromatic carbocycles. The summed E-state index contributed by atoms with van der Waals surface area (Å²) < 4.78 is 24.9. The van der Waals surface area contributed by atoms with E-state index in [1.165, 1.54) is 21.7 Å². The lowest BCUT2D eigenvalue weighted by Crippen LogP contribution is -2.44. The molecule has 0 spiro atoms. The molecule has 7 heteroatoms. The molecular formula is C20H29N3O2S2. The highest BCUT2D eigenvalue weighted by Crippen LogP contribution is 2.27. The van der Waals surface area contributed by atoms with E-state index in [-0.39, 0.29) is 6.04 Å². The summed E-state index contributed by atoms with van der Waals surface area (Å²) in [6, 6.07) is 8.80. The second-order valence-corrected chi connectivity index (χ2v) is 10.6. The topological polar surface area (TPSA) is 53.5 Å². The first kappa shape index (κ1) is 20.5. The van der Waals surface area contributed by atoms with Crippen LogP contribution in [0.4, 0.5) is 0 Å². The molecule has 0 saturated carbocycles. The Morgan fingerprint density at radius 3 is 2.41 bits per heavy atom. The van der Waals surface area contributed by atoms with Gasteiger partial charge in [0.15, 0.2) is 0 Å². The van der Waals surface area contributed by atoms with Crippen molar-refractivity contribution < 1.29 is 8.42 Å². The summed E-state index contributed by atoms with van der Waals surface area (Å²) in [5.41, 5.74) is 3.61. The molecule has 1 saturated heterocycles. The van der Waals surface area contributed by atoms with E-state index in [4.69, 9.17) is 4.98 Å². The van der Waals surface area contributed by atoms with Crippen molar-refractivity contribution in [3.05, 3.63) is 40.9 Å². The van der Waals surface area contributed by atoms with Crippen LogP contribution in [0.2, 0.25) is 0 Å². The maximum atomic E-state index is 11.7. The monoisotopic (exact) mass is 407 g/mol. The third-order valence-electron chi connectivity index (χ3n) is 5.36. The second-order valence-electron chi connectivity index (χ2n) is 7.71. The van der Waals surface area contributed by atoms with Gasteiger partial charge in [-0.2, -0.15) is 0 Å². The Morgan fingerprint density at radius 1 is 1.22 bits per heavy atom. The van der Waals surface area contributed by atoms with Crippen LogP contribution in [0.25, 0.3) is 10.6 Å². The SMILES string of the molecule is CC(C)c1ccc(-c2nc(CN3CCC(N(C)S(C)(=O)=O)CC3)cs2)cc1. The van der Waals surface area contributed by atoms with Crippen LogP contribution in [-0.4, -0.2) is 55.0 Å². The molecule has 3 rings (SSSR count). The summed E-state index contributed by atoms with van der Waals surface area (Å²) in [7, 11) is -1.42. The van der Waals surface area contributed by atoms with Crippen molar-refractivity contribution in [1.82, 2.24) is 14.2 Å². The van der Waals surface area contributed by atoms with Crippen LogP contribution in [0.15, 0.2) is 29.6 Å². The smallest absolute Gasteiger partial charge is 0.211 e. The van der Waals surface area contributed by atoms with Crippen molar-refractivity contribution in [3.8, 4) is 10.6 Å². The maximum absolute atomic E-state index is 11.7. The van der Waals surface area contributed by atoms with Crippen LogP contribution >= 0.6 is 11.3 Å². The van der Waals surface area contributed by atoms with Gasteiger partial charge in [-0.3, -0.25) is 4.90 Å². The number of rotatable bonds is 6. The Kier molecular flexibility index (Phi) is 6.35. The minimum Gasteiger partial charge on any atom is -0.297 e. The third-order valence-corrected chi connectivity index (χ3v) is 7.64. The number of aromatic nitrogens is 1. The Bertz CT molecular complexity index is 852. The van der Waals surface area contributed by atoms with E-state index >= 15 is 0 Å². The summed E-state index contributed by atoms with van der Waals surface area (Å²) >= 11 is 1.69. The summed E-state index contributed by atoms with van der Waals surface area (Å²) in [4.78, 5) is 7.18. The minimum atomic E-state index is -3.11. The number of hydrogen-bond acceptors (Lipinski definition) is 5. The number of likely N-dealkylation sites (tertiary alicyclic amines) is 1. The predicted octanol–water partition coefficient (Wildman–Crippen LogP) is 3.79. The lowest BCUT2D eigenvalue weighted by atomic mass is 10.0. The molecule has 2 heterocycles. The minimum absolute atomic E-state index is 0.113. The first-order chi connectivity index (χ1) is 12.7. The van der Waals surface area contributed by atoms with Crippen LogP contribution in [0, 0.1) is 0 Å². The van der Waals surface area contributed by atoms with Gasteiger partial charge in [0.05, 0.1) is 11.9 Å². The van der Waals surface area contributed by atoms with Crippen LogP contribution in [0.5, 0.6) is 0 Å². The van der Waals surface area contributed by atoms with Gasteiger partial charge in [0.1, 0.15) is 5.01 Å². The highest BCUT2D eigenvalue weighted by Gasteiger charge is 2.27. The van der Waals surface area contributed by atoms with E-state index < -0.39 is 10.0 Å². The van der Waals surface area contributed by atoms with E-state index in [1.54, 1.807) is 18.4 Å². The van der Waals surface area contributed by atoms with E-state index in [2.05, 4.69) is 48.4 Å². The Balaban J connectivity index is 1.57. The normalized spacial score (nSPS) is 17.1. The standard InChI is InChI=1S/C20H29N3O2S2/c1-15(2)16-5-7-17(8-6-16)20-21-18(14-26-20)13-23-11-9-19(10-12-23)22(3)27(4,24)25/h5-8,14-15,19H,9-13H2,1-4H3. The van der Waals surface area contributed by atoms with Crippen LogP contribution < -0.4 is 0 Å². The molecule has 148 valence electrons. The molecule has 1 aliphatic heterocycles. The van der Waals surface area contributed by atoms with Crippen LogP contribution in [0.3, 0.4) is 0 Å². The quantitative estimate of drug-likeness (QED) is 0.731. The Hall–Kier alpha value is -1.28. The average molecular weight is 408 g/mol. The van der Waals surface area contributed by atoms with Crippen molar-refractivity contribution in [2.45, 2.75) is 45.2 Å². The molecule has 0 unspecified atom stereocenters. The predicted molar refractivity (Wildman–Crippen MR) is 113 cm³/mol. The van der Waals surface area contributed by atoms with Gasteiger partial charge in [0.2, 0.25) is 10.0 Å². The van der Waals surface area contributed by atoms with Crippen molar-refractivity contribution in [2.24, 2.45) is 0 Å². The largest absolute Gasteiger partial charge is 0.297 e.